The molecule has 0 saturated carbocycles. The third-order valence-electron chi connectivity index (χ3n) is 2.27. The summed E-state index contributed by atoms with van der Waals surface area (Å²) in [5.74, 6) is -0.505. The Morgan fingerprint density at radius 3 is 2.37 bits per heavy atom. The van der Waals surface area contributed by atoms with E-state index in [2.05, 4.69) is 11.3 Å². The lowest BCUT2D eigenvalue weighted by Crippen LogP contribution is -2.30. The zero-order valence-electron chi connectivity index (χ0n) is 10.9. The van der Waals surface area contributed by atoms with Gasteiger partial charge in [0, 0.05) is 11.6 Å². The summed E-state index contributed by atoms with van der Waals surface area (Å²) in [5, 5.41) is 9.59. The predicted molar refractivity (Wildman–Crippen MR) is 68.9 cm³/mol. The van der Waals surface area contributed by atoms with Gasteiger partial charge < -0.3 is 14.6 Å². The van der Waals surface area contributed by atoms with Crippen LogP contribution in [0.2, 0.25) is 0 Å². The second-order valence-electron chi connectivity index (χ2n) is 4.34. The Balaban J connectivity index is 2.60. The Morgan fingerprint density at radius 2 is 1.89 bits per heavy atom. The number of hydrogen-bond donors (Lipinski definition) is 1. The molecule has 0 radical (unpaired) electrons. The third kappa shape index (κ3) is 4.56. The van der Waals surface area contributed by atoms with Crippen LogP contribution in [0.3, 0.4) is 0 Å². The molecule has 1 aromatic rings. The fraction of sp³-hybridized carbons (Fsp3) is 0.286. The molecule has 0 aliphatic carbocycles. The lowest BCUT2D eigenvalue weighted by molar-refractivity contribution is -0.144. The highest BCUT2D eigenvalue weighted by atomic mass is 16.7. The quantitative estimate of drug-likeness (QED) is 0.366. The first-order valence-corrected chi connectivity index (χ1v) is 5.64. The molecule has 0 aliphatic heterocycles. The summed E-state index contributed by atoms with van der Waals surface area (Å²) in [6.45, 7) is 5.87. The van der Waals surface area contributed by atoms with Crippen molar-refractivity contribution in [2.45, 2.75) is 19.4 Å². The molecule has 0 heterocycles. The van der Waals surface area contributed by atoms with Crippen LogP contribution in [-0.4, -0.2) is 29.3 Å². The monoisotopic (exact) mass is 264 g/mol. The van der Waals surface area contributed by atoms with E-state index in [0.717, 1.165) is 6.08 Å². The van der Waals surface area contributed by atoms with Gasteiger partial charge >= 0.3 is 5.97 Å². The smallest absolute Gasteiger partial charge is 0.333 e. The number of rotatable bonds is 6. The van der Waals surface area contributed by atoms with E-state index in [1.54, 1.807) is 12.1 Å². The van der Waals surface area contributed by atoms with Crippen LogP contribution in [0, 0.1) is 0 Å². The van der Waals surface area contributed by atoms with Gasteiger partial charge in [-0.3, -0.25) is 4.79 Å². The second-order valence-corrected chi connectivity index (χ2v) is 4.34. The van der Waals surface area contributed by atoms with Crippen LogP contribution < -0.4 is 4.74 Å². The fourth-order valence-electron chi connectivity index (χ4n) is 1.27. The van der Waals surface area contributed by atoms with Crippen molar-refractivity contribution in [1.29, 1.82) is 0 Å². The Hall–Kier alpha value is -2.14. The van der Waals surface area contributed by atoms with Crippen LogP contribution >= 0.6 is 0 Å². The van der Waals surface area contributed by atoms with Gasteiger partial charge in [-0.2, -0.15) is 0 Å². The predicted octanol–water partition coefficient (Wildman–Crippen LogP) is 1.71. The standard InChI is InChI=1S/C14H16O5/c1-4-12(15)19-9-18-11-7-5-10(6-8-11)13(16)14(2,3)17/h4-8,17H,1,9H2,2-3H3. The molecule has 1 rings (SSSR count). The Labute approximate surface area is 111 Å². The van der Waals surface area contributed by atoms with E-state index in [1.165, 1.54) is 26.0 Å². The number of ketones is 1. The number of Topliss-reactive ketones (excluding diaryl/α,β-unsaturated/α-hetero) is 1. The number of carbonyl (C=O) groups is 2. The molecule has 0 aromatic heterocycles. The van der Waals surface area contributed by atoms with E-state index in [1.807, 2.05) is 0 Å². The van der Waals surface area contributed by atoms with Gasteiger partial charge in [0.1, 0.15) is 11.4 Å². The number of aliphatic hydroxyl groups is 1. The van der Waals surface area contributed by atoms with Crippen molar-refractivity contribution >= 4 is 11.8 Å². The van der Waals surface area contributed by atoms with Crippen LogP contribution in [-0.2, 0) is 9.53 Å². The van der Waals surface area contributed by atoms with Gasteiger partial charge in [-0.15, -0.1) is 0 Å². The van der Waals surface area contributed by atoms with E-state index >= 15 is 0 Å². The van der Waals surface area contributed by atoms with Crippen molar-refractivity contribution in [2.24, 2.45) is 0 Å². The van der Waals surface area contributed by atoms with E-state index in [0.29, 0.717) is 11.3 Å². The molecule has 0 amide bonds. The van der Waals surface area contributed by atoms with Gasteiger partial charge in [0.25, 0.3) is 0 Å². The molecule has 0 aliphatic rings. The molecule has 0 atom stereocenters. The highest BCUT2D eigenvalue weighted by Gasteiger charge is 2.24. The summed E-state index contributed by atoms with van der Waals surface area (Å²) < 4.78 is 9.78. The number of carbonyl (C=O) groups excluding carboxylic acids is 2. The van der Waals surface area contributed by atoms with Gasteiger partial charge in [-0.25, -0.2) is 4.79 Å². The van der Waals surface area contributed by atoms with Crippen LogP contribution in [0.4, 0.5) is 0 Å². The maximum atomic E-state index is 11.7. The Bertz CT molecular complexity index is 468. The fourth-order valence-corrected chi connectivity index (χ4v) is 1.27. The highest BCUT2D eigenvalue weighted by molar-refractivity contribution is 6.01. The summed E-state index contributed by atoms with van der Waals surface area (Å²) in [6, 6.07) is 6.18. The van der Waals surface area contributed by atoms with E-state index in [4.69, 9.17) is 4.74 Å². The minimum Gasteiger partial charge on any atom is -0.457 e. The van der Waals surface area contributed by atoms with E-state index < -0.39 is 11.6 Å². The molecule has 1 N–H and O–H groups in total. The van der Waals surface area contributed by atoms with Gasteiger partial charge in [0.2, 0.25) is 6.79 Å². The molecule has 102 valence electrons. The lowest BCUT2D eigenvalue weighted by atomic mass is 9.97. The van der Waals surface area contributed by atoms with E-state index in [9.17, 15) is 14.7 Å². The van der Waals surface area contributed by atoms with Crippen molar-refractivity contribution < 1.29 is 24.2 Å². The number of ether oxygens (including phenoxy) is 2. The first-order chi connectivity index (χ1) is 8.84. The maximum absolute atomic E-state index is 11.7. The molecule has 0 spiro atoms. The summed E-state index contributed by atoms with van der Waals surface area (Å²) in [6.07, 6.45) is 1.04. The van der Waals surface area contributed by atoms with Crippen LogP contribution in [0.5, 0.6) is 5.75 Å². The molecule has 5 heteroatoms. The summed E-state index contributed by atoms with van der Waals surface area (Å²) >= 11 is 0. The molecule has 1 aromatic carbocycles. The van der Waals surface area contributed by atoms with Crippen molar-refractivity contribution in [3.63, 3.8) is 0 Å². The number of esters is 1. The molecule has 0 saturated heterocycles. The summed E-state index contributed by atoms with van der Waals surface area (Å²) in [5.41, 5.74) is -1.04. The van der Waals surface area contributed by atoms with Crippen LogP contribution in [0.15, 0.2) is 36.9 Å². The van der Waals surface area contributed by atoms with Gasteiger partial charge in [0.05, 0.1) is 0 Å². The van der Waals surface area contributed by atoms with Gasteiger partial charge in [0.15, 0.2) is 5.78 Å². The molecule has 19 heavy (non-hydrogen) atoms. The molecule has 0 bridgehead atoms. The topological polar surface area (TPSA) is 72.8 Å². The lowest BCUT2D eigenvalue weighted by Gasteiger charge is -2.15. The zero-order valence-corrected chi connectivity index (χ0v) is 10.9. The molecular weight excluding hydrogens is 248 g/mol. The number of benzene rings is 1. The zero-order chi connectivity index (χ0) is 14.5. The van der Waals surface area contributed by atoms with Crippen molar-refractivity contribution in [1.82, 2.24) is 0 Å². The average molecular weight is 264 g/mol. The summed E-state index contributed by atoms with van der Waals surface area (Å²) in [7, 11) is 0. The second kappa shape index (κ2) is 6.15. The molecule has 0 fully saturated rings. The Morgan fingerprint density at radius 1 is 1.32 bits per heavy atom. The largest absolute Gasteiger partial charge is 0.457 e. The normalized spacial score (nSPS) is 10.7. The van der Waals surface area contributed by atoms with Crippen LogP contribution in [0.25, 0.3) is 0 Å². The van der Waals surface area contributed by atoms with Crippen molar-refractivity contribution in [2.75, 3.05) is 6.79 Å². The minimum absolute atomic E-state index is 0.233. The average Bonchev–Trinajstić information content (AvgIpc) is 2.37. The Kier molecular flexibility index (Phi) is 4.83. The highest BCUT2D eigenvalue weighted by Crippen LogP contribution is 2.17. The van der Waals surface area contributed by atoms with Crippen molar-refractivity contribution in [3.05, 3.63) is 42.5 Å². The molecular formula is C14H16O5. The SMILES string of the molecule is C=CC(=O)OCOc1ccc(C(=O)C(C)(C)O)cc1. The third-order valence-corrected chi connectivity index (χ3v) is 2.27. The van der Waals surface area contributed by atoms with Crippen molar-refractivity contribution in [3.8, 4) is 5.75 Å². The molecule has 5 nitrogen and oxygen atoms in total. The first kappa shape index (κ1) is 14.9. The number of hydrogen-bond acceptors (Lipinski definition) is 5. The minimum atomic E-state index is -1.41. The molecule has 0 unspecified atom stereocenters. The van der Waals surface area contributed by atoms with E-state index in [-0.39, 0.29) is 12.6 Å². The maximum Gasteiger partial charge on any atom is 0.333 e. The van der Waals surface area contributed by atoms with Gasteiger partial charge in [-0.1, -0.05) is 6.58 Å². The van der Waals surface area contributed by atoms with Crippen LogP contribution in [0.1, 0.15) is 24.2 Å². The first-order valence-electron chi connectivity index (χ1n) is 5.64. The summed E-state index contributed by atoms with van der Waals surface area (Å²) in [4.78, 5) is 22.5. The van der Waals surface area contributed by atoms with Gasteiger partial charge in [-0.05, 0) is 38.1 Å².